The van der Waals surface area contributed by atoms with Crippen LogP contribution in [0, 0.1) is 0 Å². The minimum Gasteiger partial charge on any atom is -0.398 e. The molecule has 0 aliphatic carbocycles. The van der Waals surface area contributed by atoms with E-state index in [1.807, 2.05) is 12.1 Å². The molecule has 1 aromatic heterocycles. The number of benzene rings is 1. The van der Waals surface area contributed by atoms with Gasteiger partial charge in [0.25, 0.3) is 0 Å². The van der Waals surface area contributed by atoms with Crippen LogP contribution in [-0.4, -0.2) is 18.0 Å². The summed E-state index contributed by atoms with van der Waals surface area (Å²) in [6, 6.07) is 6.19. The lowest BCUT2D eigenvalue weighted by atomic mass is 10.1. The zero-order valence-corrected chi connectivity index (χ0v) is 10.1. The van der Waals surface area contributed by atoms with Crippen LogP contribution in [0.25, 0.3) is 10.1 Å². The van der Waals surface area contributed by atoms with E-state index < -0.39 is 0 Å². The molecule has 2 N–H and O–H groups in total. The number of thiophene rings is 1. The summed E-state index contributed by atoms with van der Waals surface area (Å²) in [6.45, 7) is 3.54. The van der Waals surface area contributed by atoms with Crippen LogP contribution in [0.3, 0.4) is 0 Å². The van der Waals surface area contributed by atoms with Crippen molar-refractivity contribution in [2.24, 2.45) is 0 Å². The van der Waals surface area contributed by atoms with E-state index in [4.69, 9.17) is 5.73 Å². The molecule has 1 aliphatic heterocycles. The van der Waals surface area contributed by atoms with Gasteiger partial charge in [-0.2, -0.15) is 0 Å². The number of nitrogen functional groups attached to an aromatic ring is 1. The van der Waals surface area contributed by atoms with Crippen molar-refractivity contribution in [1.82, 2.24) is 4.90 Å². The van der Waals surface area contributed by atoms with Crippen LogP contribution in [0.1, 0.15) is 18.4 Å². The zero-order valence-electron chi connectivity index (χ0n) is 9.28. The number of hydrogen-bond donors (Lipinski definition) is 1. The van der Waals surface area contributed by atoms with Crippen molar-refractivity contribution in [3.63, 3.8) is 0 Å². The fourth-order valence-electron chi connectivity index (χ4n) is 2.48. The van der Waals surface area contributed by atoms with Gasteiger partial charge in [0.1, 0.15) is 0 Å². The molecule has 3 heteroatoms. The highest BCUT2D eigenvalue weighted by molar-refractivity contribution is 7.17. The number of likely N-dealkylation sites (tertiary alicyclic amines) is 1. The molecule has 84 valence electrons. The number of nitrogens with two attached hydrogens (primary N) is 1. The van der Waals surface area contributed by atoms with Gasteiger partial charge in [-0.25, -0.2) is 0 Å². The van der Waals surface area contributed by atoms with Gasteiger partial charge in [-0.3, -0.25) is 4.90 Å². The average Bonchev–Trinajstić information content (AvgIpc) is 2.90. The molecular formula is C13H16N2S. The first-order valence-corrected chi connectivity index (χ1v) is 6.69. The fourth-order valence-corrected chi connectivity index (χ4v) is 3.47. The van der Waals surface area contributed by atoms with Gasteiger partial charge in [-0.1, -0.05) is 6.07 Å². The highest BCUT2D eigenvalue weighted by Crippen LogP contribution is 2.31. The molecule has 2 heterocycles. The molecule has 0 amide bonds. The maximum atomic E-state index is 6.06. The molecule has 0 atom stereocenters. The lowest BCUT2D eigenvalue weighted by Crippen LogP contribution is -2.18. The first-order chi connectivity index (χ1) is 7.84. The van der Waals surface area contributed by atoms with Crippen LogP contribution in [-0.2, 0) is 6.54 Å². The molecule has 1 fully saturated rings. The van der Waals surface area contributed by atoms with E-state index in [0.717, 1.165) is 12.2 Å². The molecule has 2 nitrogen and oxygen atoms in total. The highest BCUT2D eigenvalue weighted by Gasteiger charge is 2.14. The summed E-state index contributed by atoms with van der Waals surface area (Å²) in [6.07, 6.45) is 2.69. The summed E-state index contributed by atoms with van der Waals surface area (Å²) in [5.41, 5.74) is 8.39. The molecule has 2 aromatic rings. The SMILES string of the molecule is Nc1cccc2scc(CN3CCCC3)c12. The van der Waals surface area contributed by atoms with E-state index in [2.05, 4.69) is 16.3 Å². The quantitative estimate of drug-likeness (QED) is 0.806. The molecule has 0 spiro atoms. The Morgan fingerprint density at radius 2 is 2.06 bits per heavy atom. The smallest absolute Gasteiger partial charge is 0.0405 e. The van der Waals surface area contributed by atoms with E-state index >= 15 is 0 Å². The second kappa shape index (κ2) is 4.07. The summed E-state index contributed by atoms with van der Waals surface area (Å²) in [5, 5.41) is 3.54. The molecule has 16 heavy (non-hydrogen) atoms. The third kappa shape index (κ3) is 1.70. The Hall–Kier alpha value is -1.06. The highest BCUT2D eigenvalue weighted by atomic mass is 32.1. The Morgan fingerprint density at radius 1 is 1.25 bits per heavy atom. The van der Waals surface area contributed by atoms with Gasteiger partial charge >= 0.3 is 0 Å². The van der Waals surface area contributed by atoms with Crippen molar-refractivity contribution in [2.45, 2.75) is 19.4 Å². The first-order valence-electron chi connectivity index (χ1n) is 5.81. The van der Waals surface area contributed by atoms with Crippen molar-refractivity contribution in [3.8, 4) is 0 Å². The normalized spacial score (nSPS) is 17.2. The van der Waals surface area contributed by atoms with Crippen LogP contribution in [0.5, 0.6) is 0 Å². The summed E-state index contributed by atoms with van der Waals surface area (Å²) in [4.78, 5) is 2.52. The number of rotatable bonds is 2. The van der Waals surface area contributed by atoms with Gasteiger partial charge in [0.15, 0.2) is 0 Å². The molecule has 3 rings (SSSR count). The molecule has 0 saturated carbocycles. The second-order valence-corrected chi connectivity index (χ2v) is 5.38. The summed E-state index contributed by atoms with van der Waals surface area (Å²) in [7, 11) is 0. The Morgan fingerprint density at radius 3 is 2.88 bits per heavy atom. The van der Waals surface area contributed by atoms with Crippen molar-refractivity contribution in [1.29, 1.82) is 0 Å². The minimum absolute atomic E-state index is 0.924. The molecule has 1 aromatic carbocycles. The summed E-state index contributed by atoms with van der Waals surface area (Å²) >= 11 is 1.80. The Balaban J connectivity index is 1.97. The molecule has 0 bridgehead atoms. The van der Waals surface area contributed by atoms with Gasteiger partial charge in [0.2, 0.25) is 0 Å². The maximum Gasteiger partial charge on any atom is 0.0405 e. The molecular weight excluding hydrogens is 216 g/mol. The van der Waals surface area contributed by atoms with E-state index in [1.54, 1.807) is 11.3 Å². The van der Waals surface area contributed by atoms with Crippen molar-refractivity contribution >= 4 is 27.1 Å². The molecule has 0 unspecified atom stereocenters. The van der Waals surface area contributed by atoms with Gasteiger partial charge in [-0.05, 0) is 49.0 Å². The predicted octanol–water partition coefficient (Wildman–Crippen LogP) is 3.08. The predicted molar refractivity (Wildman–Crippen MR) is 70.7 cm³/mol. The van der Waals surface area contributed by atoms with Crippen molar-refractivity contribution in [3.05, 3.63) is 29.1 Å². The average molecular weight is 232 g/mol. The Bertz CT molecular complexity index is 498. The Labute approximate surface area is 99.7 Å². The Kier molecular flexibility index (Phi) is 2.58. The van der Waals surface area contributed by atoms with Crippen LogP contribution in [0.2, 0.25) is 0 Å². The van der Waals surface area contributed by atoms with Gasteiger partial charge in [0, 0.05) is 22.3 Å². The number of anilines is 1. The van der Waals surface area contributed by atoms with Crippen molar-refractivity contribution < 1.29 is 0 Å². The monoisotopic (exact) mass is 232 g/mol. The van der Waals surface area contributed by atoms with Crippen LogP contribution in [0.4, 0.5) is 5.69 Å². The summed E-state index contributed by atoms with van der Waals surface area (Å²) < 4.78 is 1.31. The zero-order chi connectivity index (χ0) is 11.0. The van der Waals surface area contributed by atoms with Gasteiger partial charge in [0.05, 0.1) is 0 Å². The number of hydrogen-bond acceptors (Lipinski definition) is 3. The lowest BCUT2D eigenvalue weighted by molar-refractivity contribution is 0.333. The minimum atomic E-state index is 0.924. The third-order valence-electron chi connectivity index (χ3n) is 3.30. The third-order valence-corrected chi connectivity index (χ3v) is 4.30. The van der Waals surface area contributed by atoms with Crippen LogP contribution < -0.4 is 5.73 Å². The number of fused-ring (bicyclic) bond motifs is 1. The second-order valence-electron chi connectivity index (χ2n) is 4.46. The molecule has 0 radical (unpaired) electrons. The summed E-state index contributed by atoms with van der Waals surface area (Å²) in [5.74, 6) is 0. The van der Waals surface area contributed by atoms with E-state index in [9.17, 15) is 0 Å². The lowest BCUT2D eigenvalue weighted by Gasteiger charge is -2.14. The van der Waals surface area contributed by atoms with E-state index in [1.165, 1.54) is 41.6 Å². The standard InChI is InChI=1S/C13H16N2S/c14-11-4-3-5-12-13(11)10(9-16-12)8-15-6-1-2-7-15/h3-5,9H,1-2,6-8,14H2. The van der Waals surface area contributed by atoms with E-state index in [0.29, 0.717) is 0 Å². The van der Waals surface area contributed by atoms with Crippen LogP contribution in [0.15, 0.2) is 23.6 Å². The van der Waals surface area contributed by atoms with Crippen LogP contribution >= 0.6 is 11.3 Å². The van der Waals surface area contributed by atoms with Gasteiger partial charge in [-0.15, -0.1) is 11.3 Å². The first kappa shape index (κ1) is 10.1. The van der Waals surface area contributed by atoms with E-state index in [-0.39, 0.29) is 0 Å². The molecule has 1 saturated heterocycles. The fraction of sp³-hybridized carbons (Fsp3) is 0.385. The van der Waals surface area contributed by atoms with Gasteiger partial charge < -0.3 is 5.73 Å². The number of nitrogens with zero attached hydrogens (tertiary/aromatic N) is 1. The topological polar surface area (TPSA) is 29.3 Å². The largest absolute Gasteiger partial charge is 0.398 e. The molecule has 1 aliphatic rings. The van der Waals surface area contributed by atoms with Crippen molar-refractivity contribution in [2.75, 3.05) is 18.8 Å². The maximum absolute atomic E-state index is 6.06.